The van der Waals surface area contributed by atoms with Gasteiger partial charge in [-0.25, -0.2) is 4.79 Å². The number of amides is 1. The number of ether oxygens (including phenoxy) is 1. The summed E-state index contributed by atoms with van der Waals surface area (Å²) in [6.07, 6.45) is 1.45. The molecular weight excluding hydrogens is 198 g/mol. The van der Waals surface area contributed by atoms with E-state index in [9.17, 15) is 9.59 Å². The van der Waals surface area contributed by atoms with E-state index < -0.39 is 5.97 Å². The molecule has 1 rings (SSSR count). The monoisotopic (exact) mass is 215 g/mol. The quantitative estimate of drug-likeness (QED) is 0.754. The molecule has 0 aromatic rings. The van der Waals surface area contributed by atoms with E-state index in [-0.39, 0.29) is 18.1 Å². The van der Waals surface area contributed by atoms with E-state index in [0.29, 0.717) is 19.4 Å². The first kappa shape index (κ1) is 11.8. The van der Waals surface area contributed by atoms with Crippen molar-refractivity contribution in [1.82, 2.24) is 4.90 Å². The van der Waals surface area contributed by atoms with Gasteiger partial charge in [0.1, 0.15) is 0 Å². The lowest BCUT2D eigenvalue weighted by molar-refractivity contribution is -0.144. The number of carbonyl (C=O) groups excluding carboxylic acids is 1. The fourth-order valence-corrected chi connectivity index (χ4v) is 2.02. The maximum absolute atomic E-state index is 11.4. The number of piperidine rings is 1. The molecule has 2 atom stereocenters. The summed E-state index contributed by atoms with van der Waals surface area (Å²) >= 11 is 0. The molecule has 1 N–H and O–H groups in total. The van der Waals surface area contributed by atoms with Crippen LogP contribution in [0.2, 0.25) is 0 Å². The largest absolute Gasteiger partial charge is 0.481 e. The van der Waals surface area contributed by atoms with Crippen molar-refractivity contribution < 1.29 is 19.4 Å². The van der Waals surface area contributed by atoms with Gasteiger partial charge in [0.2, 0.25) is 0 Å². The molecule has 0 spiro atoms. The Kier molecular flexibility index (Phi) is 3.94. The molecule has 2 unspecified atom stereocenters. The molecule has 0 aliphatic carbocycles. The molecule has 5 heteroatoms. The smallest absolute Gasteiger partial charge is 0.409 e. The standard InChI is InChI=1S/C10H17NO4/c1-3-8-6-7(9(12)13)4-5-11(8)10(14)15-2/h7-8H,3-6H2,1-2H3,(H,12,13). The van der Waals surface area contributed by atoms with Crippen LogP contribution in [-0.2, 0) is 9.53 Å². The molecule has 0 bridgehead atoms. The molecule has 15 heavy (non-hydrogen) atoms. The van der Waals surface area contributed by atoms with Gasteiger partial charge in [-0.3, -0.25) is 4.79 Å². The molecule has 1 heterocycles. The molecule has 0 aromatic heterocycles. The Morgan fingerprint density at radius 3 is 2.67 bits per heavy atom. The fourth-order valence-electron chi connectivity index (χ4n) is 2.02. The van der Waals surface area contributed by atoms with Crippen molar-refractivity contribution in [3.05, 3.63) is 0 Å². The molecule has 0 aromatic carbocycles. The average molecular weight is 215 g/mol. The van der Waals surface area contributed by atoms with Gasteiger partial charge in [0.05, 0.1) is 13.0 Å². The third-order valence-corrected chi connectivity index (χ3v) is 2.95. The van der Waals surface area contributed by atoms with Crippen LogP contribution in [0.15, 0.2) is 0 Å². The predicted molar refractivity (Wildman–Crippen MR) is 53.5 cm³/mol. The van der Waals surface area contributed by atoms with E-state index in [4.69, 9.17) is 5.11 Å². The molecule has 1 aliphatic heterocycles. The highest BCUT2D eigenvalue weighted by atomic mass is 16.5. The van der Waals surface area contributed by atoms with Gasteiger partial charge >= 0.3 is 12.1 Å². The summed E-state index contributed by atoms with van der Waals surface area (Å²) in [6.45, 7) is 2.42. The molecule has 1 saturated heterocycles. The number of carboxylic acids is 1. The normalized spacial score (nSPS) is 26.1. The van der Waals surface area contributed by atoms with Crippen LogP contribution in [0, 0.1) is 5.92 Å². The lowest BCUT2D eigenvalue weighted by atomic mass is 9.90. The zero-order valence-corrected chi connectivity index (χ0v) is 9.10. The Bertz CT molecular complexity index is 254. The highest BCUT2D eigenvalue weighted by Crippen LogP contribution is 2.25. The number of hydrogen-bond donors (Lipinski definition) is 1. The van der Waals surface area contributed by atoms with Crippen LogP contribution in [0.5, 0.6) is 0 Å². The maximum Gasteiger partial charge on any atom is 0.409 e. The van der Waals surface area contributed by atoms with Gasteiger partial charge in [0.15, 0.2) is 0 Å². The first-order chi connectivity index (χ1) is 7.10. The minimum absolute atomic E-state index is 0.00713. The topological polar surface area (TPSA) is 66.8 Å². The Hall–Kier alpha value is -1.26. The van der Waals surface area contributed by atoms with Crippen molar-refractivity contribution in [2.45, 2.75) is 32.2 Å². The van der Waals surface area contributed by atoms with Crippen LogP contribution in [-0.4, -0.2) is 41.8 Å². The minimum Gasteiger partial charge on any atom is -0.481 e. The van der Waals surface area contributed by atoms with Crippen molar-refractivity contribution in [3.63, 3.8) is 0 Å². The number of carbonyl (C=O) groups is 2. The van der Waals surface area contributed by atoms with Crippen LogP contribution >= 0.6 is 0 Å². The number of likely N-dealkylation sites (tertiary alicyclic amines) is 1. The zero-order chi connectivity index (χ0) is 11.4. The molecule has 86 valence electrons. The van der Waals surface area contributed by atoms with Crippen LogP contribution in [0.3, 0.4) is 0 Å². The SMILES string of the molecule is CCC1CC(C(=O)O)CCN1C(=O)OC. The van der Waals surface area contributed by atoms with Gasteiger partial charge in [-0.2, -0.15) is 0 Å². The molecule has 1 amide bonds. The van der Waals surface area contributed by atoms with Crippen LogP contribution in [0.1, 0.15) is 26.2 Å². The summed E-state index contributed by atoms with van der Waals surface area (Å²) in [5.74, 6) is -1.09. The number of methoxy groups -OCH3 is 1. The van der Waals surface area contributed by atoms with E-state index in [1.54, 1.807) is 4.90 Å². The highest BCUT2D eigenvalue weighted by molar-refractivity contribution is 5.72. The van der Waals surface area contributed by atoms with E-state index in [1.165, 1.54) is 7.11 Å². The fraction of sp³-hybridized carbons (Fsp3) is 0.800. The summed E-state index contributed by atoms with van der Waals surface area (Å²) in [5.41, 5.74) is 0. The van der Waals surface area contributed by atoms with Crippen molar-refractivity contribution in [2.24, 2.45) is 5.92 Å². The van der Waals surface area contributed by atoms with Crippen molar-refractivity contribution in [1.29, 1.82) is 0 Å². The van der Waals surface area contributed by atoms with Gasteiger partial charge in [-0.1, -0.05) is 6.92 Å². The van der Waals surface area contributed by atoms with Gasteiger partial charge < -0.3 is 14.7 Å². The molecule has 1 fully saturated rings. The third-order valence-electron chi connectivity index (χ3n) is 2.95. The summed E-state index contributed by atoms with van der Waals surface area (Å²) in [6, 6.07) is -0.00713. The van der Waals surface area contributed by atoms with Gasteiger partial charge in [0.25, 0.3) is 0 Å². The maximum atomic E-state index is 11.4. The van der Waals surface area contributed by atoms with E-state index in [1.807, 2.05) is 6.92 Å². The summed E-state index contributed by atoms with van der Waals surface area (Å²) in [5, 5.41) is 8.90. The Balaban J connectivity index is 2.64. The first-order valence-electron chi connectivity index (χ1n) is 5.17. The first-order valence-corrected chi connectivity index (χ1v) is 5.17. The van der Waals surface area contributed by atoms with Crippen molar-refractivity contribution >= 4 is 12.1 Å². The van der Waals surface area contributed by atoms with Gasteiger partial charge in [-0.05, 0) is 19.3 Å². The summed E-state index contributed by atoms with van der Waals surface area (Å²) < 4.78 is 4.66. The predicted octanol–water partition coefficient (Wildman–Crippen LogP) is 1.33. The Labute approximate surface area is 89.0 Å². The van der Waals surface area contributed by atoms with Crippen LogP contribution in [0.4, 0.5) is 4.79 Å². The third kappa shape index (κ3) is 2.61. The Morgan fingerprint density at radius 2 is 2.20 bits per heavy atom. The molecule has 0 saturated carbocycles. The van der Waals surface area contributed by atoms with Crippen LogP contribution in [0.25, 0.3) is 0 Å². The second-order valence-corrected chi connectivity index (χ2v) is 3.79. The second-order valence-electron chi connectivity index (χ2n) is 3.79. The molecular formula is C10H17NO4. The van der Waals surface area contributed by atoms with E-state index in [2.05, 4.69) is 4.74 Å². The summed E-state index contributed by atoms with van der Waals surface area (Å²) in [7, 11) is 1.35. The van der Waals surface area contributed by atoms with E-state index in [0.717, 1.165) is 6.42 Å². The lowest BCUT2D eigenvalue weighted by Gasteiger charge is -2.36. The number of aliphatic carboxylic acids is 1. The summed E-state index contributed by atoms with van der Waals surface area (Å²) in [4.78, 5) is 23.8. The number of carboxylic acid groups (broad SMARTS) is 1. The van der Waals surface area contributed by atoms with Crippen LogP contribution < -0.4 is 0 Å². The van der Waals surface area contributed by atoms with Gasteiger partial charge in [-0.15, -0.1) is 0 Å². The Morgan fingerprint density at radius 1 is 1.53 bits per heavy atom. The lowest BCUT2D eigenvalue weighted by Crippen LogP contribution is -2.47. The zero-order valence-electron chi connectivity index (χ0n) is 9.10. The van der Waals surface area contributed by atoms with E-state index >= 15 is 0 Å². The number of rotatable bonds is 2. The van der Waals surface area contributed by atoms with Gasteiger partial charge in [0, 0.05) is 12.6 Å². The second kappa shape index (κ2) is 5.00. The highest BCUT2D eigenvalue weighted by Gasteiger charge is 2.33. The van der Waals surface area contributed by atoms with Crippen molar-refractivity contribution in [2.75, 3.05) is 13.7 Å². The number of nitrogens with zero attached hydrogens (tertiary/aromatic N) is 1. The minimum atomic E-state index is -0.766. The molecule has 5 nitrogen and oxygen atoms in total. The number of hydrogen-bond acceptors (Lipinski definition) is 3. The molecule has 1 aliphatic rings. The average Bonchev–Trinajstić information content (AvgIpc) is 2.27. The molecule has 0 radical (unpaired) electrons. The van der Waals surface area contributed by atoms with Crippen molar-refractivity contribution in [3.8, 4) is 0 Å².